The molecule has 0 aliphatic carbocycles. The van der Waals surface area contributed by atoms with Crippen LogP contribution in [0.15, 0.2) is 0 Å². The van der Waals surface area contributed by atoms with E-state index in [0.29, 0.717) is 83.7 Å². The molecule has 0 heterocycles. The van der Waals surface area contributed by atoms with Gasteiger partial charge in [-0.05, 0) is 70.9 Å². The molecule has 0 spiro atoms. The first-order valence-electron chi connectivity index (χ1n) is 23.5. The van der Waals surface area contributed by atoms with Crippen molar-refractivity contribution in [2.24, 2.45) is 34.4 Å². The van der Waals surface area contributed by atoms with Gasteiger partial charge in [-0.2, -0.15) is 0 Å². The van der Waals surface area contributed by atoms with Crippen LogP contribution in [0.2, 0.25) is 0 Å². The Morgan fingerprint density at radius 3 is 1.27 bits per heavy atom. The van der Waals surface area contributed by atoms with E-state index in [-0.39, 0.29) is 19.5 Å². The molecule has 16 nitrogen and oxygen atoms in total. The second-order valence-corrected chi connectivity index (χ2v) is 16.5. The Morgan fingerprint density at radius 2 is 0.817 bits per heavy atom. The van der Waals surface area contributed by atoms with Crippen molar-refractivity contribution in [3.05, 3.63) is 0 Å². The smallest absolute Gasteiger partial charge is 0.246 e. The molecule has 0 fully saturated rings. The number of rotatable bonds is 40. The average molecular weight is 853 g/mol. The van der Waals surface area contributed by atoms with Gasteiger partial charge in [0.25, 0.3) is 0 Å². The van der Waals surface area contributed by atoms with E-state index < -0.39 is 65.7 Å². The number of hydrogen-bond donors (Lipinski definition) is 9. The van der Waals surface area contributed by atoms with Crippen LogP contribution in [0.5, 0.6) is 0 Å². The predicted octanol–water partition coefficient (Wildman–Crippen LogP) is 3.38. The average Bonchev–Trinajstić information content (AvgIpc) is 3.23. The monoisotopic (exact) mass is 853 g/mol. The Morgan fingerprint density at radius 1 is 0.450 bits per heavy atom. The molecule has 15 N–H and O–H groups in total. The van der Waals surface area contributed by atoms with E-state index in [1.54, 1.807) is 0 Å². The molecule has 0 aliphatic heterocycles. The van der Waals surface area contributed by atoms with E-state index in [2.05, 4.69) is 29.8 Å². The fourth-order valence-corrected chi connectivity index (χ4v) is 7.11. The Labute approximate surface area is 362 Å². The summed E-state index contributed by atoms with van der Waals surface area (Å²) < 4.78 is 0. The van der Waals surface area contributed by atoms with Crippen LogP contribution in [0.4, 0.5) is 0 Å². The van der Waals surface area contributed by atoms with Crippen LogP contribution in [0, 0.1) is 0 Å². The number of primary amides is 1. The molecule has 0 aromatic carbocycles. The Balaban J connectivity index is 5.97. The second-order valence-electron chi connectivity index (χ2n) is 16.5. The maximum absolute atomic E-state index is 14.0. The zero-order chi connectivity index (χ0) is 45.0. The minimum Gasteiger partial charge on any atom is -0.368 e. The third kappa shape index (κ3) is 28.4. The molecule has 0 radical (unpaired) electrons. The van der Waals surface area contributed by atoms with Gasteiger partial charge in [-0.15, -0.1) is 0 Å². The van der Waals surface area contributed by atoms with Gasteiger partial charge in [-0.25, -0.2) is 0 Å². The van der Waals surface area contributed by atoms with Crippen LogP contribution < -0.4 is 50.4 Å². The summed E-state index contributed by atoms with van der Waals surface area (Å²) in [6, 6.07) is -4.68. The molecule has 6 amide bonds. The van der Waals surface area contributed by atoms with E-state index in [1.165, 1.54) is 44.9 Å². The van der Waals surface area contributed by atoms with Gasteiger partial charge in [0.2, 0.25) is 35.4 Å². The SMILES string of the molecule is CCCCCCCCCCC(N)C(=O)N[C@@H](CCCCN(C(=O)[C@@H](N)CCCCN)C(=O)[C@@H](N)CCCCN)C(=O)NC(CCCCCCCCCC)C(=O)NCC(N)=O. The number of carbonyl (C=O) groups excluding carboxylic acids is 6. The molecule has 0 aromatic heterocycles. The summed E-state index contributed by atoms with van der Waals surface area (Å²) in [5.41, 5.74) is 35.3. The first kappa shape index (κ1) is 56.8. The van der Waals surface area contributed by atoms with Crippen molar-refractivity contribution in [3.63, 3.8) is 0 Å². The quantitative estimate of drug-likeness (QED) is 0.0403. The normalized spacial score (nSPS) is 13.8. The van der Waals surface area contributed by atoms with E-state index in [1.807, 2.05) is 0 Å². The summed E-state index contributed by atoms with van der Waals surface area (Å²) in [5.74, 6) is -3.35. The highest BCUT2D eigenvalue weighted by atomic mass is 16.2. The van der Waals surface area contributed by atoms with Crippen molar-refractivity contribution in [1.29, 1.82) is 0 Å². The highest BCUT2D eigenvalue weighted by molar-refractivity contribution is 6.00. The molecule has 2 unspecified atom stereocenters. The van der Waals surface area contributed by atoms with Crippen molar-refractivity contribution in [2.45, 2.75) is 217 Å². The van der Waals surface area contributed by atoms with Crippen molar-refractivity contribution >= 4 is 35.4 Å². The van der Waals surface area contributed by atoms with Crippen LogP contribution >= 0.6 is 0 Å². The molecule has 0 aliphatic rings. The first-order valence-corrected chi connectivity index (χ1v) is 23.5. The summed E-state index contributed by atoms with van der Waals surface area (Å²) in [6.45, 7) is 4.92. The fourth-order valence-electron chi connectivity index (χ4n) is 7.11. The summed E-state index contributed by atoms with van der Waals surface area (Å²) in [6.07, 6.45) is 22.1. The van der Waals surface area contributed by atoms with E-state index in [4.69, 9.17) is 34.4 Å². The fraction of sp³-hybridized carbons (Fsp3) is 0.864. The summed E-state index contributed by atoms with van der Waals surface area (Å²) in [5, 5.41) is 8.15. The Kier molecular flexibility index (Phi) is 35.6. The molecule has 0 saturated heterocycles. The number of nitrogens with one attached hydrogen (secondary N) is 3. The van der Waals surface area contributed by atoms with Crippen LogP contribution in [0.3, 0.4) is 0 Å². The molecule has 5 atom stereocenters. The van der Waals surface area contributed by atoms with Crippen LogP contribution in [-0.2, 0) is 28.8 Å². The number of carbonyl (C=O) groups is 6. The number of hydrogen-bond acceptors (Lipinski definition) is 11. The molecule has 16 heteroatoms. The zero-order valence-corrected chi connectivity index (χ0v) is 37.7. The molecule has 0 aromatic rings. The summed E-state index contributed by atoms with van der Waals surface area (Å²) in [7, 11) is 0. The van der Waals surface area contributed by atoms with Crippen molar-refractivity contribution in [2.75, 3.05) is 26.2 Å². The molecule has 60 heavy (non-hydrogen) atoms. The van der Waals surface area contributed by atoms with Crippen LogP contribution in [-0.4, -0.2) is 96.7 Å². The maximum atomic E-state index is 14.0. The standard InChI is InChI=1S/C44H88N10O6/c1-3-5-7-9-11-13-15-17-25-34(47)40(56)52-38(42(58)53-37(41(57)51-33-39(50)55)28-18-16-14-12-10-8-6-4-2)29-21-24-32-54(43(59)35(48)26-19-22-30-45)44(60)36(49)27-20-23-31-46/h34-38H,3-33,45-49H2,1-2H3,(H2,50,55)(H,51,57)(H,52,56)(H,53,58)/t34?,35-,36-,37?,38-/m0/s1. The molecule has 0 saturated carbocycles. The lowest BCUT2D eigenvalue weighted by molar-refractivity contribution is -0.147. The predicted molar refractivity (Wildman–Crippen MR) is 241 cm³/mol. The molecule has 350 valence electrons. The largest absolute Gasteiger partial charge is 0.368 e. The van der Waals surface area contributed by atoms with Gasteiger partial charge in [0.1, 0.15) is 12.1 Å². The zero-order valence-electron chi connectivity index (χ0n) is 37.7. The maximum Gasteiger partial charge on any atom is 0.246 e. The Bertz CT molecular complexity index is 1150. The van der Waals surface area contributed by atoms with Gasteiger partial charge in [-0.3, -0.25) is 33.7 Å². The minimum atomic E-state index is -1.07. The number of amides is 6. The first-order chi connectivity index (χ1) is 28.8. The summed E-state index contributed by atoms with van der Waals surface area (Å²) in [4.78, 5) is 80.2. The lowest BCUT2D eigenvalue weighted by Gasteiger charge is -2.27. The summed E-state index contributed by atoms with van der Waals surface area (Å²) >= 11 is 0. The molecular weight excluding hydrogens is 765 g/mol. The highest BCUT2D eigenvalue weighted by Crippen LogP contribution is 2.15. The van der Waals surface area contributed by atoms with Gasteiger partial charge in [-0.1, -0.05) is 129 Å². The lowest BCUT2D eigenvalue weighted by Crippen LogP contribution is -2.56. The molecular formula is C44H88N10O6. The van der Waals surface area contributed by atoms with Crippen LogP contribution in [0.25, 0.3) is 0 Å². The van der Waals surface area contributed by atoms with E-state index in [9.17, 15) is 28.8 Å². The number of imide groups is 1. The van der Waals surface area contributed by atoms with E-state index >= 15 is 0 Å². The van der Waals surface area contributed by atoms with Crippen molar-refractivity contribution < 1.29 is 28.8 Å². The number of unbranched alkanes of at least 4 members (excludes halogenated alkanes) is 17. The lowest BCUT2D eigenvalue weighted by atomic mass is 10.0. The number of nitrogens with zero attached hydrogens (tertiary/aromatic N) is 1. The Hall–Kier alpha value is -3.18. The van der Waals surface area contributed by atoms with Gasteiger partial charge < -0.3 is 50.4 Å². The minimum absolute atomic E-state index is 0.0175. The number of nitrogens with two attached hydrogens (primary N) is 6. The van der Waals surface area contributed by atoms with Crippen LogP contribution in [0.1, 0.15) is 187 Å². The highest BCUT2D eigenvalue weighted by Gasteiger charge is 2.31. The van der Waals surface area contributed by atoms with Gasteiger partial charge in [0.05, 0.1) is 24.7 Å². The molecule has 0 bridgehead atoms. The third-order valence-corrected chi connectivity index (χ3v) is 11.0. The van der Waals surface area contributed by atoms with Gasteiger partial charge in [0, 0.05) is 6.54 Å². The van der Waals surface area contributed by atoms with Crippen molar-refractivity contribution in [3.8, 4) is 0 Å². The van der Waals surface area contributed by atoms with Gasteiger partial charge in [0.15, 0.2) is 0 Å². The van der Waals surface area contributed by atoms with Crippen molar-refractivity contribution in [1.82, 2.24) is 20.9 Å². The third-order valence-electron chi connectivity index (χ3n) is 11.0. The molecule has 0 rings (SSSR count). The second kappa shape index (κ2) is 37.6. The van der Waals surface area contributed by atoms with E-state index in [0.717, 1.165) is 56.3 Å². The topological polar surface area (TPSA) is 298 Å². The van der Waals surface area contributed by atoms with Gasteiger partial charge >= 0.3 is 0 Å².